The molecule has 1 aromatic rings. The van der Waals surface area contributed by atoms with Crippen LogP contribution in [-0.4, -0.2) is 47.6 Å². The van der Waals surface area contributed by atoms with Crippen LogP contribution in [0.1, 0.15) is 19.3 Å². The SMILES string of the molecule is O=C(O)C1CCN(C2CCN(c3ccc(Cl)cc3)C2=O)CC1. The highest BCUT2D eigenvalue weighted by Gasteiger charge is 2.38. The van der Waals surface area contributed by atoms with Crippen molar-refractivity contribution in [3.8, 4) is 0 Å². The highest BCUT2D eigenvalue weighted by molar-refractivity contribution is 6.30. The average Bonchev–Trinajstić information content (AvgIpc) is 2.90. The van der Waals surface area contributed by atoms with Crippen LogP contribution in [0.4, 0.5) is 5.69 Å². The number of carbonyl (C=O) groups is 2. The van der Waals surface area contributed by atoms with E-state index in [-0.39, 0.29) is 17.9 Å². The lowest BCUT2D eigenvalue weighted by Crippen LogP contribution is -2.46. The molecule has 1 atom stereocenters. The Bertz CT molecular complexity index is 567. The molecule has 0 aromatic heterocycles. The Balaban J connectivity index is 1.64. The Morgan fingerprint density at radius 3 is 2.32 bits per heavy atom. The molecular formula is C16H19ClN2O3. The molecule has 2 aliphatic rings. The minimum Gasteiger partial charge on any atom is -0.481 e. The van der Waals surface area contributed by atoms with Crippen molar-refractivity contribution in [1.29, 1.82) is 0 Å². The smallest absolute Gasteiger partial charge is 0.306 e. The Kier molecular flexibility index (Phi) is 4.36. The van der Waals surface area contributed by atoms with Gasteiger partial charge in [-0.05, 0) is 56.6 Å². The Morgan fingerprint density at radius 1 is 1.09 bits per heavy atom. The summed E-state index contributed by atoms with van der Waals surface area (Å²) in [5.74, 6) is -0.878. The van der Waals surface area contributed by atoms with Crippen molar-refractivity contribution in [2.75, 3.05) is 24.5 Å². The summed E-state index contributed by atoms with van der Waals surface area (Å²) < 4.78 is 0. The molecule has 1 amide bonds. The third-order valence-corrected chi connectivity index (χ3v) is 4.89. The number of hydrogen-bond acceptors (Lipinski definition) is 3. The van der Waals surface area contributed by atoms with Gasteiger partial charge in [0.05, 0.1) is 12.0 Å². The first-order valence-electron chi connectivity index (χ1n) is 7.60. The minimum absolute atomic E-state index is 0.107. The van der Waals surface area contributed by atoms with E-state index in [1.165, 1.54) is 0 Å². The number of rotatable bonds is 3. The number of aliphatic carboxylic acids is 1. The number of hydrogen-bond donors (Lipinski definition) is 1. The summed E-state index contributed by atoms with van der Waals surface area (Å²) in [6.45, 7) is 2.06. The third kappa shape index (κ3) is 2.96. The van der Waals surface area contributed by atoms with Gasteiger partial charge >= 0.3 is 5.97 Å². The lowest BCUT2D eigenvalue weighted by atomic mass is 9.96. The van der Waals surface area contributed by atoms with Crippen molar-refractivity contribution in [3.05, 3.63) is 29.3 Å². The minimum atomic E-state index is -0.722. The molecule has 0 bridgehead atoms. The predicted octanol–water partition coefficient (Wildman–Crippen LogP) is 2.24. The van der Waals surface area contributed by atoms with Gasteiger partial charge in [-0.15, -0.1) is 0 Å². The molecule has 5 nitrogen and oxygen atoms in total. The molecule has 1 aromatic carbocycles. The molecule has 0 spiro atoms. The molecule has 0 radical (unpaired) electrons. The molecular weight excluding hydrogens is 304 g/mol. The maximum atomic E-state index is 12.6. The summed E-state index contributed by atoms with van der Waals surface area (Å²) >= 11 is 5.88. The molecule has 2 fully saturated rings. The van der Waals surface area contributed by atoms with Crippen LogP contribution in [0.2, 0.25) is 5.02 Å². The molecule has 2 saturated heterocycles. The van der Waals surface area contributed by atoms with Crippen LogP contribution in [0.25, 0.3) is 0 Å². The standard InChI is InChI=1S/C16H19ClN2O3/c17-12-1-3-13(4-2-12)19-10-7-14(15(19)20)18-8-5-11(6-9-18)16(21)22/h1-4,11,14H,5-10H2,(H,21,22). The number of carboxylic acids is 1. The molecule has 22 heavy (non-hydrogen) atoms. The molecule has 1 N–H and O–H groups in total. The normalized spacial score (nSPS) is 24.0. The number of halogens is 1. The second kappa shape index (κ2) is 6.26. The number of amides is 1. The molecule has 6 heteroatoms. The van der Waals surface area contributed by atoms with Crippen molar-refractivity contribution < 1.29 is 14.7 Å². The van der Waals surface area contributed by atoms with E-state index < -0.39 is 5.97 Å². The second-order valence-corrected chi connectivity index (χ2v) is 6.36. The molecule has 0 aliphatic carbocycles. The first-order valence-corrected chi connectivity index (χ1v) is 7.98. The first kappa shape index (κ1) is 15.3. The van der Waals surface area contributed by atoms with Crippen LogP contribution in [0.3, 0.4) is 0 Å². The van der Waals surface area contributed by atoms with Gasteiger partial charge in [-0.1, -0.05) is 11.6 Å². The van der Waals surface area contributed by atoms with Crippen molar-refractivity contribution in [2.45, 2.75) is 25.3 Å². The maximum Gasteiger partial charge on any atom is 0.306 e. The summed E-state index contributed by atoms with van der Waals surface area (Å²) in [5.41, 5.74) is 0.873. The van der Waals surface area contributed by atoms with E-state index >= 15 is 0 Å². The molecule has 0 saturated carbocycles. The summed E-state index contributed by atoms with van der Waals surface area (Å²) in [5, 5.41) is 9.71. The summed E-state index contributed by atoms with van der Waals surface area (Å²) in [7, 11) is 0. The van der Waals surface area contributed by atoms with Gasteiger partial charge in [0.25, 0.3) is 0 Å². The van der Waals surface area contributed by atoms with Gasteiger partial charge in [0, 0.05) is 17.3 Å². The van der Waals surface area contributed by atoms with E-state index in [0.717, 1.165) is 12.1 Å². The largest absolute Gasteiger partial charge is 0.481 e. The molecule has 1 unspecified atom stereocenters. The number of carbonyl (C=O) groups excluding carboxylic acids is 1. The van der Waals surface area contributed by atoms with Gasteiger partial charge in [-0.2, -0.15) is 0 Å². The zero-order chi connectivity index (χ0) is 15.7. The van der Waals surface area contributed by atoms with Gasteiger partial charge < -0.3 is 10.0 Å². The zero-order valence-corrected chi connectivity index (χ0v) is 13.0. The number of benzene rings is 1. The summed E-state index contributed by atoms with van der Waals surface area (Å²) in [6.07, 6.45) is 2.04. The molecule has 2 heterocycles. The first-order chi connectivity index (χ1) is 10.6. The van der Waals surface area contributed by atoms with Crippen molar-refractivity contribution in [1.82, 2.24) is 4.90 Å². The van der Waals surface area contributed by atoms with Gasteiger partial charge in [-0.3, -0.25) is 14.5 Å². The van der Waals surface area contributed by atoms with Crippen molar-refractivity contribution in [3.63, 3.8) is 0 Å². The highest BCUT2D eigenvalue weighted by Crippen LogP contribution is 2.28. The van der Waals surface area contributed by atoms with Crippen LogP contribution in [0, 0.1) is 5.92 Å². The van der Waals surface area contributed by atoms with E-state index in [2.05, 4.69) is 4.90 Å². The molecule has 2 aliphatic heterocycles. The summed E-state index contributed by atoms with van der Waals surface area (Å²) in [4.78, 5) is 27.6. The van der Waals surface area contributed by atoms with E-state index in [9.17, 15) is 9.59 Å². The van der Waals surface area contributed by atoms with Gasteiger partial charge in [0.2, 0.25) is 5.91 Å². The lowest BCUT2D eigenvalue weighted by molar-refractivity contribution is -0.143. The average molecular weight is 323 g/mol. The Labute approximate surface area is 134 Å². The van der Waals surface area contributed by atoms with Crippen molar-refractivity contribution >= 4 is 29.2 Å². The number of nitrogens with zero attached hydrogens (tertiary/aromatic N) is 2. The topological polar surface area (TPSA) is 60.9 Å². The Hall–Kier alpha value is -1.59. The van der Waals surface area contributed by atoms with Crippen LogP contribution in [-0.2, 0) is 9.59 Å². The quantitative estimate of drug-likeness (QED) is 0.927. The molecule has 3 rings (SSSR count). The monoisotopic (exact) mass is 322 g/mol. The van der Waals surface area contributed by atoms with E-state index in [4.69, 9.17) is 16.7 Å². The van der Waals surface area contributed by atoms with Gasteiger partial charge in [-0.25, -0.2) is 0 Å². The van der Waals surface area contributed by atoms with E-state index in [1.54, 1.807) is 17.0 Å². The molecule has 118 valence electrons. The highest BCUT2D eigenvalue weighted by atomic mass is 35.5. The number of carboxylic acid groups (broad SMARTS) is 1. The van der Waals surface area contributed by atoms with Crippen LogP contribution in [0.15, 0.2) is 24.3 Å². The van der Waals surface area contributed by atoms with Gasteiger partial charge in [0.15, 0.2) is 0 Å². The fraction of sp³-hybridized carbons (Fsp3) is 0.500. The Morgan fingerprint density at radius 2 is 1.73 bits per heavy atom. The fourth-order valence-electron chi connectivity index (χ4n) is 3.34. The zero-order valence-electron chi connectivity index (χ0n) is 12.2. The van der Waals surface area contributed by atoms with Crippen LogP contribution < -0.4 is 4.90 Å². The van der Waals surface area contributed by atoms with E-state index in [0.29, 0.717) is 37.5 Å². The van der Waals surface area contributed by atoms with Crippen LogP contribution >= 0.6 is 11.6 Å². The maximum absolute atomic E-state index is 12.6. The fourth-order valence-corrected chi connectivity index (χ4v) is 3.47. The third-order valence-electron chi connectivity index (χ3n) is 4.64. The van der Waals surface area contributed by atoms with Crippen LogP contribution in [0.5, 0.6) is 0 Å². The number of likely N-dealkylation sites (tertiary alicyclic amines) is 1. The van der Waals surface area contributed by atoms with Crippen molar-refractivity contribution in [2.24, 2.45) is 5.92 Å². The number of anilines is 1. The predicted molar refractivity (Wildman–Crippen MR) is 84.1 cm³/mol. The van der Waals surface area contributed by atoms with Gasteiger partial charge in [0.1, 0.15) is 0 Å². The lowest BCUT2D eigenvalue weighted by Gasteiger charge is -2.33. The number of piperidine rings is 1. The summed E-state index contributed by atoms with van der Waals surface area (Å²) in [6, 6.07) is 7.18. The van der Waals surface area contributed by atoms with E-state index in [1.807, 2.05) is 12.1 Å². The second-order valence-electron chi connectivity index (χ2n) is 5.92.